The molecule has 69 heavy (non-hydrogen) atoms. The third kappa shape index (κ3) is 39.1. The topological polar surface area (TPSA) is 178 Å². The van der Waals surface area contributed by atoms with Crippen LogP contribution in [0, 0.1) is 0 Å². The van der Waals surface area contributed by atoms with Crippen molar-refractivity contribution in [1.29, 1.82) is 0 Å². The van der Waals surface area contributed by atoms with Crippen LogP contribution in [0.25, 0.3) is 0 Å². The summed E-state index contributed by atoms with van der Waals surface area (Å²) in [7, 11) is -5.08. The molecule has 0 bridgehead atoms. The molecule has 1 fully saturated rings. The van der Waals surface area contributed by atoms with Crippen molar-refractivity contribution in [2.45, 2.75) is 211 Å². The highest BCUT2D eigenvalue weighted by Gasteiger charge is 2.48. The Balaban J connectivity index is 2.41. The number of unbranched alkanes of at least 4 members (excludes halogenated alkanes) is 13. The first-order chi connectivity index (χ1) is 33.6. The molecule has 0 aliphatic carbocycles. The van der Waals surface area contributed by atoms with Gasteiger partial charge in [-0.05, 0) is 103 Å². The number of rotatable bonds is 44. The van der Waals surface area contributed by atoms with Crippen LogP contribution in [0.2, 0.25) is 0 Å². The Hall–Kier alpha value is -3.24. The quantitative estimate of drug-likeness (QED) is 0.0197. The molecular formula is C56H92O12S. The second kappa shape index (κ2) is 45.9. The van der Waals surface area contributed by atoms with Crippen LogP contribution in [0.3, 0.4) is 0 Å². The van der Waals surface area contributed by atoms with Crippen molar-refractivity contribution in [2.24, 2.45) is 0 Å². The van der Waals surface area contributed by atoms with Crippen LogP contribution in [-0.2, 0) is 38.3 Å². The van der Waals surface area contributed by atoms with Gasteiger partial charge in [-0.25, -0.2) is 4.18 Å². The average molecular weight is 989 g/mol. The van der Waals surface area contributed by atoms with Crippen molar-refractivity contribution < 1.29 is 56.2 Å². The highest BCUT2D eigenvalue weighted by molar-refractivity contribution is 7.80. The summed E-state index contributed by atoms with van der Waals surface area (Å²) in [4.78, 5) is 12.9. The second-order valence-electron chi connectivity index (χ2n) is 17.4. The molecule has 4 N–H and O–H groups in total. The van der Waals surface area contributed by atoms with Crippen molar-refractivity contribution in [2.75, 3.05) is 26.4 Å². The summed E-state index contributed by atoms with van der Waals surface area (Å²) >= 11 is 0. The molecular weight excluding hydrogens is 897 g/mol. The zero-order valence-electron chi connectivity index (χ0n) is 42.3. The molecule has 0 aromatic heterocycles. The van der Waals surface area contributed by atoms with E-state index in [4.69, 9.17) is 18.9 Å². The minimum atomic E-state index is -5.08. The van der Waals surface area contributed by atoms with Gasteiger partial charge in [-0.2, -0.15) is 8.42 Å². The van der Waals surface area contributed by atoms with Crippen LogP contribution in [0.15, 0.2) is 109 Å². The Morgan fingerprint density at radius 3 is 1.46 bits per heavy atom. The first-order valence-electron chi connectivity index (χ1n) is 26.1. The molecule has 0 amide bonds. The van der Waals surface area contributed by atoms with Gasteiger partial charge < -0.3 is 34.3 Å². The number of hydrogen-bond acceptors (Lipinski definition) is 11. The molecule has 0 spiro atoms. The Labute approximate surface area is 418 Å². The molecule has 0 saturated carbocycles. The van der Waals surface area contributed by atoms with Crippen LogP contribution in [-0.4, -0.2) is 97.5 Å². The predicted octanol–water partition coefficient (Wildman–Crippen LogP) is 12.4. The molecule has 1 aliphatic heterocycles. The zero-order valence-corrected chi connectivity index (χ0v) is 43.1. The van der Waals surface area contributed by atoms with E-state index < -0.39 is 59.8 Å². The summed E-state index contributed by atoms with van der Waals surface area (Å²) in [5.74, 6) is -0.439. The van der Waals surface area contributed by atoms with Gasteiger partial charge in [0.1, 0.15) is 30.5 Å². The van der Waals surface area contributed by atoms with Gasteiger partial charge in [0.15, 0.2) is 6.29 Å². The molecule has 394 valence electrons. The molecule has 0 aromatic rings. The maximum absolute atomic E-state index is 12.9. The van der Waals surface area contributed by atoms with Gasteiger partial charge in [-0.15, -0.1) is 0 Å². The zero-order chi connectivity index (χ0) is 50.3. The van der Waals surface area contributed by atoms with E-state index in [0.29, 0.717) is 13.0 Å². The monoisotopic (exact) mass is 989 g/mol. The average Bonchev–Trinajstić information content (AvgIpc) is 3.32. The Morgan fingerprint density at radius 1 is 0.565 bits per heavy atom. The van der Waals surface area contributed by atoms with E-state index in [2.05, 4.69) is 127 Å². The lowest BCUT2D eigenvalue weighted by Gasteiger charge is -2.41. The molecule has 1 heterocycles. The minimum absolute atomic E-state index is 0.00744. The van der Waals surface area contributed by atoms with Gasteiger partial charge in [0.25, 0.3) is 0 Å². The maximum Gasteiger partial charge on any atom is 0.397 e. The van der Waals surface area contributed by atoms with Crippen LogP contribution in [0.1, 0.15) is 174 Å². The van der Waals surface area contributed by atoms with Crippen LogP contribution >= 0.6 is 0 Å². The van der Waals surface area contributed by atoms with E-state index in [1.807, 2.05) is 0 Å². The highest BCUT2D eigenvalue weighted by atomic mass is 32.3. The smallest absolute Gasteiger partial charge is 0.397 e. The number of esters is 1. The number of carbonyl (C=O) groups is 1. The summed E-state index contributed by atoms with van der Waals surface area (Å²) in [5, 5.41) is 30.8. The van der Waals surface area contributed by atoms with Crippen LogP contribution in [0.4, 0.5) is 0 Å². The van der Waals surface area contributed by atoms with Gasteiger partial charge in [-0.3, -0.25) is 9.35 Å². The van der Waals surface area contributed by atoms with Crippen molar-refractivity contribution in [3.63, 3.8) is 0 Å². The fourth-order valence-corrected chi connectivity index (χ4v) is 7.72. The normalized spacial score (nSPS) is 20.1. The van der Waals surface area contributed by atoms with Crippen molar-refractivity contribution in [1.82, 2.24) is 0 Å². The van der Waals surface area contributed by atoms with E-state index in [0.717, 1.165) is 103 Å². The summed E-state index contributed by atoms with van der Waals surface area (Å²) in [6.07, 6.45) is 55.4. The summed E-state index contributed by atoms with van der Waals surface area (Å²) in [5.41, 5.74) is 0. The van der Waals surface area contributed by atoms with E-state index in [1.165, 1.54) is 44.9 Å². The maximum atomic E-state index is 12.9. The van der Waals surface area contributed by atoms with Crippen molar-refractivity contribution >= 4 is 16.4 Å². The molecule has 1 saturated heterocycles. The number of allylic oxidation sites excluding steroid dienone is 18. The molecule has 6 unspecified atom stereocenters. The number of aliphatic hydroxyl groups excluding tert-OH is 3. The Bertz CT molecular complexity index is 1610. The summed E-state index contributed by atoms with van der Waals surface area (Å²) in [6.45, 7) is 3.78. The highest BCUT2D eigenvalue weighted by Crippen LogP contribution is 2.26. The number of ether oxygens (including phenoxy) is 4. The van der Waals surface area contributed by atoms with Gasteiger partial charge in [-0.1, -0.05) is 175 Å². The first-order valence-corrected chi connectivity index (χ1v) is 27.5. The van der Waals surface area contributed by atoms with Crippen LogP contribution < -0.4 is 0 Å². The number of carbonyl (C=O) groups excluding carboxylic acids is 1. The standard InChI is InChI=1S/C56H92O12S/c1-3-5-7-9-11-13-15-17-19-21-22-23-24-25-26-27-28-29-31-33-35-37-39-41-43-45-52(58)66-50(49-65-56-54(60)55(68-69(61,62)63)53(59)51(47-57)67-56)48-64-46-44-42-40-38-36-34-32-30-20-18-16-14-12-10-8-6-4-2/h5,7,11,13-14,16-17,19-20,22-23,25-26,28-30,33,35,50-51,53-57,59-60H,3-4,6,8-10,12,15,18,21,24,27,31-32,34,36-49H2,1-2H3,(H,61,62,63)/b7-5-,13-11-,16-14-,19-17-,23-22-,26-25-,29-28-,30-20-,35-33-. The van der Waals surface area contributed by atoms with Gasteiger partial charge in [0, 0.05) is 13.0 Å². The third-order valence-electron chi connectivity index (χ3n) is 11.1. The molecule has 1 rings (SSSR count). The van der Waals surface area contributed by atoms with E-state index in [-0.39, 0.29) is 19.6 Å². The second-order valence-corrected chi connectivity index (χ2v) is 18.4. The van der Waals surface area contributed by atoms with Crippen molar-refractivity contribution in [3.8, 4) is 0 Å². The van der Waals surface area contributed by atoms with Gasteiger partial charge >= 0.3 is 16.4 Å². The lowest BCUT2D eigenvalue weighted by molar-refractivity contribution is -0.301. The van der Waals surface area contributed by atoms with E-state index >= 15 is 0 Å². The van der Waals surface area contributed by atoms with Crippen LogP contribution in [0.5, 0.6) is 0 Å². The molecule has 13 heteroatoms. The molecule has 12 nitrogen and oxygen atoms in total. The Morgan fingerprint density at radius 2 is 1.00 bits per heavy atom. The molecule has 0 aromatic carbocycles. The van der Waals surface area contributed by atoms with E-state index in [9.17, 15) is 33.1 Å². The summed E-state index contributed by atoms with van der Waals surface area (Å²) < 4.78 is 59.2. The minimum Gasteiger partial charge on any atom is -0.457 e. The largest absolute Gasteiger partial charge is 0.457 e. The number of hydrogen-bond donors (Lipinski definition) is 4. The van der Waals surface area contributed by atoms with Gasteiger partial charge in [0.2, 0.25) is 0 Å². The first kappa shape index (κ1) is 63.8. The SMILES string of the molecule is CC/C=C\C/C=C\C/C=C\C/C=C\C/C=C\C/C=C\C/C=C\CCCCCC(=O)OC(COCCCCCCCC/C=C\C/C=C\CCCCCC)COC1OC(CO)C(O)C(OS(=O)(=O)O)C1O. The van der Waals surface area contributed by atoms with Gasteiger partial charge in [0.05, 0.1) is 19.8 Å². The fraction of sp³-hybridized carbons (Fsp3) is 0.661. The lowest BCUT2D eigenvalue weighted by atomic mass is 9.99. The molecule has 6 atom stereocenters. The van der Waals surface area contributed by atoms with Crippen molar-refractivity contribution in [3.05, 3.63) is 109 Å². The summed E-state index contributed by atoms with van der Waals surface area (Å²) in [6, 6.07) is 0. The molecule has 0 radical (unpaired) electrons. The predicted molar refractivity (Wildman–Crippen MR) is 280 cm³/mol. The molecule has 1 aliphatic rings. The fourth-order valence-electron chi connectivity index (χ4n) is 7.21. The van der Waals surface area contributed by atoms with E-state index in [1.54, 1.807) is 0 Å². The Kier molecular flexibility index (Phi) is 42.4. The number of aliphatic hydroxyl groups is 3. The third-order valence-corrected chi connectivity index (χ3v) is 11.6. The lowest BCUT2D eigenvalue weighted by Crippen LogP contribution is -2.60.